The molecule has 1 aromatic carbocycles. The van der Waals surface area contributed by atoms with Crippen LogP contribution in [0.25, 0.3) is 11.3 Å². The Morgan fingerprint density at radius 2 is 2.04 bits per heavy atom. The molecule has 3 rings (SSSR count). The van der Waals surface area contributed by atoms with Gasteiger partial charge in [0.25, 0.3) is 0 Å². The van der Waals surface area contributed by atoms with Gasteiger partial charge in [-0.05, 0) is 24.3 Å². The molecular weight excluding hydrogens is 372 g/mol. The number of amides is 1. The van der Waals surface area contributed by atoms with Gasteiger partial charge in [-0.1, -0.05) is 28.1 Å². The highest BCUT2D eigenvalue weighted by atomic mass is 79.9. The van der Waals surface area contributed by atoms with Crippen molar-refractivity contribution in [2.24, 2.45) is 0 Å². The summed E-state index contributed by atoms with van der Waals surface area (Å²) in [7, 11) is 0. The van der Waals surface area contributed by atoms with Gasteiger partial charge >= 0.3 is 0 Å². The number of furan rings is 1. The summed E-state index contributed by atoms with van der Waals surface area (Å²) in [5.41, 5.74) is 1.04. The van der Waals surface area contributed by atoms with E-state index < -0.39 is 0 Å². The van der Waals surface area contributed by atoms with Crippen molar-refractivity contribution in [1.82, 2.24) is 10.2 Å². The Balaban J connectivity index is 1.43. The zero-order valence-corrected chi connectivity index (χ0v) is 15.0. The first-order chi connectivity index (χ1) is 11.7. The van der Waals surface area contributed by atoms with Gasteiger partial charge in [0.2, 0.25) is 5.91 Å². The second-order valence-corrected chi connectivity index (χ2v) is 6.61. The van der Waals surface area contributed by atoms with E-state index in [9.17, 15) is 4.79 Å². The monoisotopic (exact) mass is 392 g/mol. The van der Waals surface area contributed by atoms with Crippen LogP contribution < -0.4 is 5.32 Å². The van der Waals surface area contributed by atoms with E-state index in [1.54, 1.807) is 0 Å². The lowest BCUT2D eigenvalue weighted by molar-refractivity contribution is -0.135. The maximum Gasteiger partial charge on any atom is 0.224 e. The van der Waals surface area contributed by atoms with Crippen LogP contribution in [0.5, 0.6) is 0 Å². The topological polar surface area (TPSA) is 54.7 Å². The van der Waals surface area contributed by atoms with Gasteiger partial charge in [-0.25, -0.2) is 0 Å². The summed E-state index contributed by atoms with van der Waals surface area (Å²) in [6, 6.07) is 11.9. The van der Waals surface area contributed by atoms with E-state index >= 15 is 0 Å². The average molecular weight is 393 g/mol. The highest BCUT2D eigenvalue weighted by Gasteiger charge is 2.16. The molecule has 24 heavy (non-hydrogen) atoms. The summed E-state index contributed by atoms with van der Waals surface area (Å²) in [6.07, 6.45) is 0.499. The van der Waals surface area contributed by atoms with Crippen LogP contribution in [0, 0.1) is 0 Å². The number of hydrogen-bond donors (Lipinski definition) is 1. The Labute approximate surface area is 150 Å². The average Bonchev–Trinajstić information content (AvgIpc) is 3.08. The molecule has 1 amide bonds. The summed E-state index contributed by atoms with van der Waals surface area (Å²) in [4.78, 5) is 13.9. The van der Waals surface area contributed by atoms with Crippen molar-refractivity contribution in [2.45, 2.75) is 13.0 Å². The summed E-state index contributed by atoms with van der Waals surface area (Å²) >= 11 is 3.47. The summed E-state index contributed by atoms with van der Waals surface area (Å²) in [6.45, 7) is 3.95. The van der Waals surface area contributed by atoms with Crippen LogP contribution in [0.2, 0.25) is 0 Å². The fraction of sp³-hybridized carbons (Fsp3) is 0.389. The maximum absolute atomic E-state index is 12.0. The normalized spacial score (nSPS) is 14.8. The minimum absolute atomic E-state index is 0.181. The Kier molecular flexibility index (Phi) is 6.07. The predicted octanol–water partition coefficient (Wildman–Crippen LogP) is 3.05. The second-order valence-electron chi connectivity index (χ2n) is 5.70. The lowest BCUT2D eigenvalue weighted by Gasteiger charge is -2.26. The molecule has 6 heteroatoms. The zero-order valence-electron chi connectivity index (χ0n) is 13.5. The first kappa shape index (κ1) is 17.2. The summed E-state index contributed by atoms with van der Waals surface area (Å²) in [5.74, 6) is 1.89. The number of rotatable bonds is 6. The summed E-state index contributed by atoms with van der Waals surface area (Å²) < 4.78 is 12.1. The number of hydrogen-bond acceptors (Lipinski definition) is 4. The van der Waals surface area contributed by atoms with Gasteiger partial charge in [0.1, 0.15) is 11.5 Å². The molecule has 1 N–H and O–H groups in total. The standard InChI is InChI=1S/C18H21BrN2O3/c19-15-3-1-2-14(12-15)17-5-4-16(24-17)13-20-7-6-18(22)21-8-10-23-11-9-21/h1-5,12,20H,6-11,13H2. The molecule has 1 aliphatic rings. The van der Waals surface area contributed by atoms with Crippen molar-refractivity contribution in [3.05, 3.63) is 46.6 Å². The van der Waals surface area contributed by atoms with Gasteiger partial charge in [-0.15, -0.1) is 0 Å². The molecule has 2 heterocycles. The van der Waals surface area contributed by atoms with Gasteiger partial charge in [0, 0.05) is 36.1 Å². The van der Waals surface area contributed by atoms with E-state index in [1.807, 2.05) is 41.3 Å². The van der Waals surface area contributed by atoms with Gasteiger partial charge in [-0.3, -0.25) is 4.79 Å². The molecule has 0 saturated carbocycles. The van der Waals surface area contributed by atoms with E-state index in [-0.39, 0.29) is 5.91 Å². The van der Waals surface area contributed by atoms with Crippen molar-refractivity contribution in [3.63, 3.8) is 0 Å². The van der Waals surface area contributed by atoms with E-state index in [0.29, 0.717) is 45.8 Å². The minimum Gasteiger partial charge on any atom is -0.460 e. The fourth-order valence-electron chi connectivity index (χ4n) is 2.65. The predicted molar refractivity (Wildman–Crippen MR) is 95.6 cm³/mol. The van der Waals surface area contributed by atoms with E-state index in [0.717, 1.165) is 21.6 Å². The number of nitrogens with zero attached hydrogens (tertiary/aromatic N) is 1. The third-order valence-corrected chi connectivity index (χ3v) is 4.44. The largest absolute Gasteiger partial charge is 0.460 e. The lowest BCUT2D eigenvalue weighted by atomic mass is 10.2. The van der Waals surface area contributed by atoms with E-state index in [2.05, 4.69) is 21.2 Å². The van der Waals surface area contributed by atoms with Gasteiger partial charge < -0.3 is 19.4 Å². The molecule has 0 unspecified atom stereocenters. The molecule has 128 valence electrons. The van der Waals surface area contributed by atoms with Crippen molar-refractivity contribution in [2.75, 3.05) is 32.8 Å². The zero-order chi connectivity index (χ0) is 16.8. The highest BCUT2D eigenvalue weighted by Crippen LogP contribution is 2.24. The quantitative estimate of drug-likeness (QED) is 0.767. The Morgan fingerprint density at radius 1 is 1.21 bits per heavy atom. The number of benzene rings is 1. The molecule has 1 saturated heterocycles. The molecule has 2 aromatic rings. The Morgan fingerprint density at radius 3 is 2.83 bits per heavy atom. The first-order valence-corrected chi connectivity index (χ1v) is 8.92. The number of halogens is 1. The van der Waals surface area contributed by atoms with Gasteiger partial charge in [-0.2, -0.15) is 0 Å². The molecule has 0 aliphatic carbocycles. The second kappa shape index (κ2) is 8.46. The summed E-state index contributed by atoms with van der Waals surface area (Å²) in [5, 5.41) is 3.27. The molecule has 1 fully saturated rings. The van der Waals surface area contributed by atoms with Crippen LogP contribution in [-0.2, 0) is 16.1 Å². The minimum atomic E-state index is 0.181. The molecule has 0 atom stereocenters. The number of ether oxygens (including phenoxy) is 1. The SMILES string of the molecule is O=C(CCNCc1ccc(-c2cccc(Br)c2)o1)N1CCOCC1. The van der Waals surface area contributed by atoms with Gasteiger partial charge in [0.05, 0.1) is 19.8 Å². The van der Waals surface area contributed by atoms with Crippen LogP contribution in [0.3, 0.4) is 0 Å². The van der Waals surface area contributed by atoms with Crippen LogP contribution in [0.1, 0.15) is 12.2 Å². The molecule has 1 aliphatic heterocycles. The van der Waals surface area contributed by atoms with Crippen LogP contribution in [0.4, 0.5) is 0 Å². The third-order valence-electron chi connectivity index (χ3n) is 3.95. The van der Waals surface area contributed by atoms with Crippen LogP contribution >= 0.6 is 15.9 Å². The molecule has 1 aromatic heterocycles. The number of carbonyl (C=O) groups excluding carboxylic acids is 1. The Hall–Kier alpha value is -1.63. The third kappa shape index (κ3) is 4.69. The first-order valence-electron chi connectivity index (χ1n) is 8.13. The molecule has 0 radical (unpaired) electrons. The van der Waals surface area contributed by atoms with Crippen molar-refractivity contribution < 1.29 is 13.9 Å². The van der Waals surface area contributed by atoms with Crippen molar-refractivity contribution in [3.8, 4) is 11.3 Å². The van der Waals surface area contributed by atoms with E-state index in [4.69, 9.17) is 9.15 Å². The van der Waals surface area contributed by atoms with Crippen molar-refractivity contribution in [1.29, 1.82) is 0 Å². The van der Waals surface area contributed by atoms with E-state index in [1.165, 1.54) is 0 Å². The smallest absolute Gasteiger partial charge is 0.224 e. The number of nitrogens with one attached hydrogen (secondary N) is 1. The molecule has 0 bridgehead atoms. The van der Waals surface area contributed by atoms with Gasteiger partial charge in [0.15, 0.2) is 0 Å². The van der Waals surface area contributed by atoms with Crippen LogP contribution in [0.15, 0.2) is 45.3 Å². The number of morpholine rings is 1. The molecule has 0 spiro atoms. The lowest BCUT2D eigenvalue weighted by Crippen LogP contribution is -2.41. The molecule has 5 nitrogen and oxygen atoms in total. The van der Waals surface area contributed by atoms with Crippen LogP contribution in [-0.4, -0.2) is 43.7 Å². The Bertz CT molecular complexity index is 680. The number of carbonyl (C=O) groups is 1. The highest BCUT2D eigenvalue weighted by molar-refractivity contribution is 9.10. The fourth-order valence-corrected chi connectivity index (χ4v) is 3.05. The molecular formula is C18H21BrN2O3. The van der Waals surface area contributed by atoms with Crippen molar-refractivity contribution >= 4 is 21.8 Å². The maximum atomic E-state index is 12.0.